The minimum absolute atomic E-state index is 0.0703. The van der Waals surface area contributed by atoms with Crippen molar-refractivity contribution >= 4 is 5.91 Å². The van der Waals surface area contributed by atoms with Gasteiger partial charge < -0.3 is 14.0 Å². The van der Waals surface area contributed by atoms with E-state index in [9.17, 15) is 4.79 Å². The van der Waals surface area contributed by atoms with Crippen LogP contribution in [0.4, 0.5) is 0 Å². The molecule has 1 aliphatic carbocycles. The SMILES string of the molecule is Cn1cncc1C(=O)N1CC(c2nncn2C)C2(CCCC2)C1. The lowest BCUT2D eigenvalue weighted by atomic mass is 9.76. The highest BCUT2D eigenvalue weighted by Crippen LogP contribution is 2.53. The van der Waals surface area contributed by atoms with Gasteiger partial charge in [0, 0.05) is 33.1 Å². The van der Waals surface area contributed by atoms with Gasteiger partial charge in [-0.25, -0.2) is 4.98 Å². The van der Waals surface area contributed by atoms with Crippen molar-refractivity contribution < 1.29 is 4.79 Å². The fourth-order valence-electron chi connectivity index (χ4n) is 4.40. The number of amides is 1. The van der Waals surface area contributed by atoms with Crippen LogP contribution in [0.3, 0.4) is 0 Å². The monoisotopic (exact) mass is 314 g/mol. The molecule has 7 heteroatoms. The number of aromatic nitrogens is 5. The highest BCUT2D eigenvalue weighted by Gasteiger charge is 2.51. The Hall–Kier alpha value is -2.18. The fourth-order valence-corrected chi connectivity index (χ4v) is 4.40. The maximum atomic E-state index is 12.9. The zero-order valence-electron chi connectivity index (χ0n) is 13.6. The topological polar surface area (TPSA) is 68.8 Å². The second-order valence-corrected chi connectivity index (χ2v) is 7.00. The molecule has 1 saturated carbocycles. The molecule has 1 spiro atoms. The van der Waals surface area contributed by atoms with E-state index in [4.69, 9.17) is 0 Å². The number of nitrogens with zero attached hydrogens (tertiary/aromatic N) is 6. The molecule has 2 fully saturated rings. The summed E-state index contributed by atoms with van der Waals surface area (Å²) in [5.74, 6) is 1.35. The minimum Gasteiger partial charge on any atom is -0.336 e. The Bertz CT molecular complexity index is 727. The molecule has 1 aliphatic heterocycles. The molecule has 1 amide bonds. The number of imidazole rings is 1. The molecule has 0 radical (unpaired) electrons. The second-order valence-electron chi connectivity index (χ2n) is 7.00. The first-order chi connectivity index (χ1) is 11.1. The summed E-state index contributed by atoms with van der Waals surface area (Å²) in [5.41, 5.74) is 0.812. The van der Waals surface area contributed by atoms with Gasteiger partial charge in [0.2, 0.25) is 0 Å². The van der Waals surface area contributed by atoms with E-state index in [1.807, 2.05) is 23.6 Å². The predicted molar refractivity (Wildman–Crippen MR) is 83.8 cm³/mol. The summed E-state index contributed by atoms with van der Waals surface area (Å²) in [4.78, 5) is 19.0. The largest absolute Gasteiger partial charge is 0.336 e. The van der Waals surface area contributed by atoms with Gasteiger partial charge in [0.15, 0.2) is 0 Å². The molecule has 2 aromatic rings. The summed E-state index contributed by atoms with van der Waals surface area (Å²) < 4.78 is 3.79. The fraction of sp³-hybridized carbons (Fsp3) is 0.625. The third-order valence-corrected chi connectivity index (χ3v) is 5.63. The van der Waals surface area contributed by atoms with Gasteiger partial charge in [-0.1, -0.05) is 12.8 Å². The third-order valence-electron chi connectivity index (χ3n) is 5.63. The molecule has 0 bridgehead atoms. The first-order valence-electron chi connectivity index (χ1n) is 8.20. The van der Waals surface area contributed by atoms with E-state index in [-0.39, 0.29) is 17.2 Å². The second kappa shape index (κ2) is 5.18. The van der Waals surface area contributed by atoms with Crippen LogP contribution in [0.1, 0.15) is 47.9 Å². The molecule has 1 atom stereocenters. The van der Waals surface area contributed by atoms with Gasteiger partial charge in [0.1, 0.15) is 17.8 Å². The van der Waals surface area contributed by atoms with Crippen LogP contribution in [0.25, 0.3) is 0 Å². The van der Waals surface area contributed by atoms with Crippen molar-refractivity contribution in [3.05, 3.63) is 30.4 Å². The van der Waals surface area contributed by atoms with Crippen molar-refractivity contribution in [2.45, 2.75) is 31.6 Å². The lowest BCUT2D eigenvalue weighted by Gasteiger charge is -2.28. The summed E-state index contributed by atoms with van der Waals surface area (Å²) in [5, 5.41) is 8.40. The Morgan fingerprint density at radius 2 is 2.00 bits per heavy atom. The highest BCUT2D eigenvalue weighted by atomic mass is 16.2. The van der Waals surface area contributed by atoms with Gasteiger partial charge in [-0.2, -0.15) is 0 Å². The molecule has 122 valence electrons. The zero-order chi connectivity index (χ0) is 16.0. The number of rotatable bonds is 2. The lowest BCUT2D eigenvalue weighted by molar-refractivity contribution is 0.0763. The first-order valence-corrected chi connectivity index (χ1v) is 8.20. The van der Waals surface area contributed by atoms with E-state index in [0.717, 1.165) is 18.9 Å². The van der Waals surface area contributed by atoms with Crippen LogP contribution in [0.15, 0.2) is 18.9 Å². The van der Waals surface area contributed by atoms with Gasteiger partial charge in [-0.3, -0.25) is 4.79 Å². The van der Waals surface area contributed by atoms with Gasteiger partial charge in [0.25, 0.3) is 5.91 Å². The van der Waals surface area contributed by atoms with Crippen LogP contribution < -0.4 is 0 Å². The molecule has 2 aliphatic rings. The molecular formula is C16H22N6O. The van der Waals surface area contributed by atoms with Crippen molar-refractivity contribution in [1.29, 1.82) is 0 Å². The van der Waals surface area contributed by atoms with E-state index in [1.165, 1.54) is 25.7 Å². The third kappa shape index (κ3) is 2.17. The smallest absolute Gasteiger partial charge is 0.272 e. The molecule has 7 nitrogen and oxygen atoms in total. The maximum absolute atomic E-state index is 12.9. The quantitative estimate of drug-likeness (QED) is 0.839. The van der Waals surface area contributed by atoms with Crippen LogP contribution >= 0.6 is 0 Å². The Balaban J connectivity index is 1.67. The Labute approximate surface area is 135 Å². The van der Waals surface area contributed by atoms with E-state index in [1.54, 1.807) is 23.4 Å². The molecule has 0 N–H and O–H groups in total. The molecule has 23 heavy (non-hydrogen) atoms. The van der Waals surface area contributed by atoms with Gasteiger partial charge in [-0.15, -0.1) is 10.2 Å². The number of hydrogen-bond donors (Lipinski definition) is 0. The lowest BCUT2D eigenvalue weighted by Crippen LogP contribution is -2.32. The summed E-state index contributed by atoms with van der Waals surface area (Å²) >= 11 is 0. The van der Waals surface area contributed by atoms with Gasteiger partial charge in [0.05, 0.1) is 12.5 Å². The number of aryl methyl sites for hydroxylation is 2. The normalized spacial score (nSPS) is 23.0. The number of likely N-dealkylation sites (tertiary alicyclic amines) is 1. The standard InChI is InChI=1S/C16H22N6O/c1-20-10-17-7-13(20)15(23)22-8-12(14-19-18-11-21(14)2)16(9-22)5-3-4-6-16/h7,10-12H,3-6,8-9H2,1-2H3. The van der Waals surface area contributed by atoms with Crippen molar-refractivity contribution in [3.63, 3.8) is 0 Å². The number of hydrogen-bond acceptors (Lipinski definition) is 4. The summed E-state index contributed by atoms with van der Waals surface area (Å²) in [6.45, 7) is 1.53. The summed E-state index contributed by atoms with van der Waals surface area (Å²) in [6, 6.07) is 0. The van der Waals surface area contributed by atoms with Crippen molar-refractivity contribution in [1.82, 2.24) is 29.2 Å². The van der Waals surface area contributed by atoms with Crippen molar-refractivity contribution in [2.75, 3.05) is 13.1 Å². The van der Waals surface area contributed by atoms with Crippen molar-refractivity contribution in [2.24, 2.45) is 19.5 Å². The van der Waals surface area contributed by atoms with Crippen LogP contribution in [0, 0.1) is 5.41 Å². The van der Waals surface area contributed by atoms with Gasteiger partial charge in [-0.05, 0) is 18.3 Å². The molecular weight excluding hydrogens is 292 g/mol. The van der Waals surface area contributed by atoms with Crippen molar-refractivity contribution in [3.8, 4) is 0 Å². The number of carbonyl (C=O) groups excluding carboxylic acids is 1. The maximum Gasteiger partial charge on any atom is 0.272 e. The van der Waals surface area contributed by atoms with Crippen LogP contribution in [0.2, 0.25) is 0 Å². The molecule has 2 aromatic heterocycles. The summed E-state index contributed by atoms with van der Waals surface area (Å²) in [7, 11) is 3.85. The number of carbonyl (C=O) groups is 1. The molecule has 3 heterocycles. The molecule has 0 aromatic carbocycles. The Morgan fingerprint density at radius 1 is 1.22 bits per heavy atom. The van der Waals surface area contributed by atoms with E-state index < -0.39 is 0 Å². The van der Waals surface area contributed by atoms with E-state index in [0.29, 0.717) is 5.69 Å². The first kappa shape index (κ1) is 14.4. The van der Waals surface area contributed by atoms with Gasteiger partial charge >= 0.3 is 0 Å². The highest BCUT2D eigenvalue weighted by molar-refractivity contribution is 5.92. The molecule has 1 saturated heterocycles. The molecule has 4 rings (SSSR count). The molecule has 1 unspecified atom stereocenters. The minimum atomic E-state index is 0.0703. The zero-order valence-corrected chi connectivity index (χ0v) is 13.6. The van der Waals surface area contributed by atoms with Crippen LogP contribution in [-0.2, 0) is 14.1 Å². The average Bonchev–Trinajstić information content (AvgIpc) is 3.28. The van der Waals surface area contributed by atoms with Crippen LogP contribution in [0.5, 0.6) is 0 Å². The predicted octanol–water partition coefficient (Wildman–Crippen LogP) is 1.35. The van der Waals surface area contributed by atoms with Crippen LogP contribution in [-0.4, -0.2) is 48.2 Å². The van der Waals surface area contributed by atoms with E-state index in [2.05, 4.69) is 15.2 Å². The average molecular weight is 314 g/mol. The Morgan fingerprint density at radius 3 is 2.61 bits per heavy atom. The Kier molecular flexibility index (Phi) is 3.25. The summed E-state index contributed by atoms with van der Waals surface area (Å²) in [6.07, 6.45) is 9.89. The van der Waals surface area contributed by atoms with E-state index >= 15 is 0 Å².